The predicted molar refractivity (Wildman–Crippen MR) is 77.1 cm³/mol. The lowest BCUT2D eigenvalue weighted by atomic mass is 10.2. The van der Waals surface area contributed by atoms with Crippen LogP contribution in [0.3, 0.4) is 0 Å². The first-order chi connectivity index (χ1) is 8.92. The summed E-state index contributed by atoms with van der Waals surface area (Å²) in [5.41, 5.74) is 2.41. The highest BCUT2D eigenvalue weighted by molar-refractivity contribution is 7.14. The van der Waals surface area contributed by atoms with E-state index in [2.05, 4.69) is 52.0 Å². The lowest BCUT2D eigenvalue weighted by Gasteiger charge is -2.28. The average molecular weight is 260 g/mol. The number of nitrogens with zero attached hydrogens (tertiary/aromatic N) is 1. The van der Waals surface area contributed by atoms with Crippen molar-refractivity contribution in [1.82, 2.24) is 0 Å². The van der Waals surface area contributed by atoms with Gasteiger partial charge in [0.1, 0.15) is 0 Å². The molecule has 1 saturated heterocycles. The van der Waals surface area contributed by atoms with Crippen LogP contribution < -0.4 is 10.2 Å². The third kappa shape index (κ3) is 2.66. The zero-order chi connectivity index (χ0) is 12.2. The molecule has 3 rings (SSSR count). The Kier molecular flexibility index (Phi) is 3.48. The fourth-order valence-electron chi connectivity index (χ4n) is 2.07. The van der Waals surface area contributed by atoms with Gasteiger partial charge in [-0.05, 0) is 41.8 Å². The maximum Gasteiger partial charge on any atom is 0.0926 e. The summed E-state index contributed by atoms with van der Waals surface area (Å²) in [6, 6.07) is 12.7. The Hall–Kier alpha value is -1.52. The summed E-state index contributed by atoms with van der Waals surface area (Å²) in [5.74, 6) is 0. The van der Waals surface area contributed by atoms with Gasteiger partial charge in [0.05, 0.1) is 18.2 Å². The molecule has 2 heterocycles. The minimum Gasteiger partial charge on any atom is -0.378 e. The summed E-state index contributed by atoms with van der Waals surface area (Å²) < 4.78 is 5.36. The smallest absolute Gasteiger partial charge is 0.0926 e. The van der Waals surface area contributed by atoms with Crippen molar-refractivity contribution in [3.05, 3.63) is 41.8 Å². The Morgan fingerprint density at radius 1 is 1.06 bits per heavy atom. The maximum absolute atomic E-state index is 5.36. The maximum atomic E-state index is 5.36. The van der Waals surface area contributed by atoms with Crippen LogP contribution in [0.15, 0.2) is 41.8 Å². The normalized spacial score (nSPS) is 15.7. The largest absolute Gasteiger partial charge is 0.378 e. The molecule has 0 amide bonds. The summed E-state index contributed by atoms with van der Waals surface area (Å²) in [7, 11) is 0. The van der Waals surface area contributed by atoms with Crippen LogP contribution in [0.25, 0.3) is 0 Å². The van der Waals surface area contributed by atoms with E-state index in [1.54, 1.807) is 11.3 Å². The van der Waals surface area contributed by atoms with Crippen LogP contribution in [0.1, 0.15) is 0 Å². The lowest BCUT2D eigenvalue weighted by molar-refractivity contribution is 0.122. The molecule has 0 bridgehead atoms. The Bertz CT molecular complexity index is 475. The van der Waals surface area contributed by atoms with E-state index in [4.69, 9.17) is 4.74 Å². The van der Waals surface area contributed by atoms with Crippen LogP contribution in [0.4, 0.5) is 16.4 Å². The van der Waals surface area contributed by atoms with Crippen molar-refractivity contribution in [3.63, 3.8) is 0 Å². The van der Waals surface area contributed by atoms with Crippen LogP contribution in [0, 0.1) is 0 Å². The van der Waals surface area contributed by atoms with Gasteiger partial charge in [0.25, 0.3) is 0 Å². The minimum atomic E-state index is 0.829. The number of anilines is 3. The number of hydrogen-bond donors (Lipinski definition) is 1. The number of benzene rings is 1. The van der Waals surface area contributed by atoms with Crippen molar-refractivity contribution in [3.8, 4) is 0 Å². The molecule has 0 atom stereocenters. The van der Waals surface area contributed by atoms with Crippen molar-refractivity contribution in [1.29, 1.82) is 0 Å². The van der Waals surface area contributed by atoms with Gasteiger partial charge in [-0.1, -0.05) is 0 Å². The van der Waals surface area contributed by atoms with Gasteiger partial charge in [0.2, 0.25) is 0 Å². The zero-order valence-electron chi connectivity index (χ0n) is 10.1. The Morgan fingerprint density at radius 2 is 1.83 bits per heavy atom. The van der Waals surface area contributed by atoms with Crippen molar-refractivity contribution in [2.45, 2.75) is 0 Å². The average Bonchev–Trinajstić information content (AvgIpc) is 2.94. The molecule has 0 unspecified atom stereocenters. The van der Waals surface area contributed by atoms with E-state index in [1.807, 2.05) is 0 Å². The second kappa shape index (κ2) is 5.42. The molecular formula is C14H16N2OS. The fraction of sp³-hybridized carbons (Fsp3) is 0.286. The Labute approximate surface area is 111 Å². The van der Waals surface area contributed by atoms with E-state index in [-0.39, 0.29) is 0 Å². The van der Waals surface area contributed by atoms with E-state index in [9.17, 15) is 0 Å². The molecule has 4 heteroatoms. The molecule has 1 aliphatic rings. The number of ether oxygens (including phenoxy) is 1. The topological polar surface area (TPSA) is 24.5 Å². The second-order valence-electron chi connectivity index (χ2n) is 4.25. The third-order valence-electron chi connectivity index (χ3n) is 3.03. The monoisotopic (exact) mass is 260 g/mol. The van der Waals surface area contributed by atoms with Crippen molar-refractivity contribution >= 4 is 27.7 Å². The predicted octanol–water partition coefficient (Wildman–Crippen LogP) is 3.33. The Morgan fingerprint density at radius 3 is 2.50 bits per heavy atom. The molecular weight excluding hydrogens is 244 g/mol. The van der Waals surface area contributed by atoms with E-state index < -0.39 is 0 Å². The SMILES string of the molecule is c1csc(Nc2ccc(N3CCOCC3)cc2)c1. The molecule has 0 aliphatic carbocycles. The third-order valence-corrected chi connectivity index (χ3v) is 3.82. The van der Waals surface area contributed by atoms with Crippen molar-refractivity contribution in [2.24, 2.45) is 0 Å². The van der Waals surface area contributed by atoms with Crippen molar-refractivity contribution in [2.75, 3.05) is 36.5 Å². The molecule has 0 radical (unpaired) electrons. The van der Waals surface area contributed by atoms with Crippen molar-refractivity contribution < 1.29 is 4.74 Å². The van der Waals surface area contributed by atoms with Crippen LogP contribution in [-0.4, -0.2) is 26.3 Å². The second-order valence-corrected chi connectivity index (χ2v) is 5.20. The summed E-state index contributed by atoms with van der Waals surface area (Å²) in [6.45, 7) is 3.62. The highest BCUT2D eigenvalue weighted by atomic mass is 32.1. The highest BCUT2D eigenvalue weighted by Crippen LogP contribution is 2.24. The van der Waals surface area contributed by atoms with Gasteiger partial charge < -0.3 is 15.0 Å². The highest BCUT2D eigenvalue weighted by Gasteiger charge is 2.10. The first kappa shape index (κ1) is 11.6. The van der Waals surface area contributed by atoms with E-state index in [1.165, 1.54) is 10.7 Å². The molecule has 1 aromatic heterocycles. The number of rotatable bonds is 3. The number of nitrogens with one attached hydrogen (secondary N) is 1. The lowest BCUT2D eigenvalue weighted by Crippen LogP contribution is -2.36. The summed E-state index contributed by atoms with van der Waals surface area (Å²) >= 11 is 1.71. The van der Waals surface area contributed by atoms with Gasteiger partial charge in [-0.2, -0.15) is 0 Å². The molecule has 18 heavy (non-hydrogen) atoms. The zero-order valence-corrected chi connectivity index (χ0v) is 11.0. The van der Waals surface area contributed by atoms with Gasteiger partial charge >= 0.3 is 0 Å². The van der Waals surface area contributed by atoms with Gasteiger partial charge in [-0.25, -0.2) is 0 Å². The van der Waals surface area contributed by atoms with E-state index in [0.717, 1.165) is 32.0 Å². The van der Waals surface area contributed by atoms with Crippen LogP contribution in [0.5, 0.6) is 0 Å². The quantitative estimate of drug-likeness (QED) is 0.916. The molecule has 1 fully saturated rings. The van der Waals surface area contributed by atoms with Crippen LogP contribution in [0.2, 0.25) is 0 Å². The first-order valence-corrected chi connectivity index (χ1v) is 7.03. The standard InChI is InChI=1S/C14H16N2OS/c1-2-14(18-11-1)15-12-3-5-13(6-4-12)16-7-9-17-10-8-16/h1-6,11,15H,7-10H2. The van der Waals surface area contributed by atoms with Gasteiger partial charge in [-0.15, -0.1) is 11.3 Å². The number of thiophene rings is 1. The summed E-state index contributed by atoms with van der Waals surface area (Å²) in [5, 5.41) is 6.64. The first-order valence-electron chi connectivity index (χ1n) is 6.15. The van der Waals surface area contributed by atoms with Gasteiger partial charge in [0.15, 0.2) is 0 Å². The van der Waals surface area contributed by atoms with E-state index in [0.29, 0.717) is 0 Å². The van der Waals surface area contributed by atoms with E-state index >= 15 is 0 Å². The minimum absolute atomic E-state index is 0.829. The molecule has 2 aromatic rings. The molecule has 0 spiro atoms. The van der Waals surface area contributed by atoms with Crippen LogP contribution >= 0.6 is 11.3 Å². The molecule has 1 aromatic carbocycles. The van der Waals surface area contributed by atoms with Gasteiger partial charge in [0, 0.05) is 24.5 Å². The summed E-state index contributed by atoms with van der Waals surface area (Å²) in [6.07, 6.45) is 0. The molecule has 1 N–H and O–H groups in total. The molecule has 3 nitrogen and oxygen atoms in total. The Balaban J connectivity index is 1.68. The van der Waals surface area contributed by atoms with Gasteiger partial charge in [-0.3, -0.25) is 0 Å². The number of morpholine rings is 1. The van der Waals surface area contributed by atoms with Crippen LogP contribution in [-0.2, 0) is 4.74 Å². The fourth-order valence-corrected chi connectivity index (χ4v) is 2.71. The molecule has 1 aliphatic heterocycles. The summed E-state index contributed by atoms with van der Waals surface area (Å²) in [4.78, 5) is 2.36. The molecule has 94 valence electrons. The number of hydrogen-bond acceptors (Lipinski definition) is 4. The molecule has 0 saturated carbocycles.